The molecule has 0 aliphatic carbocycles. The third-order valence-corrected chi connectivity index (χ3v) is 4.24. The maximum atomic E-state index is 13.9. The van der Waals surface area contributed by atoms with Gasteiger partial charge in [0.2, 0.25) is 11.8 Å². The lowest BCUT2D eigenvalue weighted by atomic mass is 10.2. The van der Waals surface area contributed by atoms with Gasteiger partial charge in [-0.3, -0.25) is 14.6 Å². The molecule has 128 valence electrons. The fraction of sp³-hybridized carbons (Fsp3) is 0.211. The van der Waals surface area contributed by atoms with Crippen LogP contribution in [0.15, 0.2) is 54.9 Å². The molecular weight excluding hydrogens is 321 g/mol. The number of hydrogen-bond acceptors (Lipinski definition) is 3. The summed E-state index contributed by atoms with van der Waals surface area (Å²) in [5, 5.41) is 0. The summed E-state index contributed by atoms with van der Waals surface area (Å²) < 4.78 is 13.9. The van der Waals surface area contributed by atoms with Gasteiger partial charge in [0.1, 0.15) is 11.9 Å². The highest BCUT2D eigenvalue weighted by Gasteiger charge is 2.37. The molecule has 25 heavy (non-hydrogen) atoms. The fourth-order valence-corrected chi connectivity index (χ4v) is 2.85. The van der Waals surface area contributed by atoms with Gasteiger partial charge in [-0.05, 0) is 36.3 Å². The quantitative estimate of drug-likeness (QED) is 0.804. The zero-order valence-electron chi connectivity index (χ0n) is 13.8. The van der Waals surface area contributed by atoms with Gasteiger partial charge in [0.05, 0.1) is 5.69 Å². The van der Waals surface area contributed by atoms with Crippen molar-refractivity contribution in [3.05, 3.63) is 66.2 Å². The number of rotatable bonds is 4. The Morgan fingerprint density at radius 3 is 2.84 bits per heavy atom. The Labute approximate surface area is 145 Å². The predicted molar refractivity (Wildman–Crippen MR) is 93.2 cm³/mol. The minimum Gasteiger partial charge on any atom is -0.330 e. The highest BCUT2D eigenvalue weighted by atomic mass is 19.1. The number of amides is 2. The Bertz CT molecular complexity index is 807. The third-order valence-electron chi connectivity index (χ3n) is 4.24. The number of benzene rings is 1. The molecule has 1 aliphatic rings. The Morgan fingerprint density at radius 2 is 2.12 bits per heavy atom. The first-order valence-electron chi connectivity index (χ1n) is 7.99. The van der Waals surface area contributed by atoms with Gasteiger partial charge in [0, 0.05) is 32.1 Å². The fourth-order valence-electron chi connectivity index (χ4n) is 2.85. The van der Waals surface area contributed by atoms with E-state index in [9.17, 15) is 14.0 Å². The van der Waals surface area contributed by atoms with Crippen LogP contribution in [0.2, 0.25) is 0 Å². The molecule has 1 fully saturated rings. The van der Waals surface area contributed by atoms with Crippen LogP contribution in [0.4, 0.5) is 10.1 Å². The molecule has 0 bridgehead atoms. The third kappa shape index (κ3) is 3.57. The first-order valence-corrected chi connectivity index (χ1v) is 7.99. The maximum absolute atomic E-state index is 13.9. The smallest absolute Gasteiger partial charge is 0.249 e. The van der Waals surface area contributed by atoms with Gasteiger partial charge in [-0.25, -0.2) is 4.39 Å². The molecule has 6 heteroatoms. The normalized spacial score (nSPS) is 17.3. The molecule has 1 aliphatic heterocycles. The standard InChI is InChI=1S/C19H18FN3O2/c1-22(18(24)9-8-14-5-4-11-21-13-14)17-10-12-23(19(17)25)16-7-3-2-6-15(16)20/h2-9,11,13,17H,10,12H2,1H3/b9-8+/t17-/m1/s1. The van der Waals surface area contributed by atoms with E-state index in [-0.39, 0.29) is 17.5 Å². The molecule has 5 nitrogen and oxygen atoms in total. The van der Waals surface area contributed by atoms with Crippen molar-refractivity contribution in [3.8, 4) is 0 Å². The van der Waals surface area contributed by atoms with Crippen molar-refractivity contribution in [2.45, 2.75) is 12.5 Å². The van der Waals surface area contributed by atoms with E-state index in [1.807, 2.05) is 6.07 Å². The molecule has 0 N–H and O–H groups in total. The van der Waals surface area contributed by atoms with Crippen molar-refractivity contribution < 1.29 is 14.0 Å². The van der Waals surface area contributed by atoms with E-state index in [0.29, 0.717) is 13.0 Å². The molecule has 2 heterocycles. The van der Waals surface area contributed by atoms with E-state index in [2.05, 4.69) is 4.98 Å². The average molecular weight is 339 g/mol. The summed E-state index contributed by atoms with van der Waals surface area (Å²) in [7, 11) is 1.59. The van der Waals surface area contributed by atoms with Gasteiger partial charge in [0.15, 0.2) is 0 Å². The molecule has 0 spiro atoms. The van der Waals surface area contributed by atoms with Crippen LogP contribution in [0.25, 0.3) is 6.08 Å². The van der Waals surface area contributed by atoms with Crippen LogP contribution >= 0.6 is 0 Å². The monoisotopic (exact) mass is 339 g/mol. The van der Waals surface area contributed by atoms with Crippen LogP contribution in [0.5, 0.6) is 0 Å². The molecule has 1 atom stereocenters. The van der Waals surface area contributed by atoms with E-state index in [1.54, 1.807) is 49.8 Å². The van der Waals surface area contributed by atoms with E-state index < -0.39 is 11.9 Å². The van der Waals surface area contributed by atoms with Crippen LogP contribution in [-0.4, -0.2) is 41.3 Å². The maximum Gasteiger partial charge on any atom is 0.249 e. The van der Waals surface area contributed by atoms with Crippen molar-refractivity contribution in [3.63, 3.8) is 0 Å². The van der Waals surface area contributed by atoms with Crippen molar-refractivity contribution in [2.75, 3.05) is 18.5 Å². The number of likely N-dealkylation sites (N-methyl/N-ethyl adjacent to an activating group) is 1. The zero-order chi connectivity index (χ0) is 17.8. The molecule has 1 saturated heterocycles. The molecule has 2 amide bonds. The number of nitrogens with zero attached hydrogens (tertiary/aromatic N) is 3. The lowest BCUT2D eigenvalue weighted by Gasteiger charge is -2.23. The van der Waals surface area contributed by atoms with Crippen molar-refractivity contribution in [1.82, 2.24) is 9.88 Å². The van der Waals surface area contributed by atoms with Crippen LogP contribution in [0.1, 0.15) is 12.0 Å². The summed E-state index contributed by atoms with van der Waals surface area (Å²) in [6.45, 7) is 0.383. The largest absolute Gasteiger partial charge is 0.330 e. The Hall–Kier alpha value is -3.02. The molecule has 2 aromatic rings. The van der Waals surface area contributed by atoms with Crippen LogP contribution in [0.3, 0.4) is 0 Å². The number of aromatic nitrogens is 1. The Morgan fingerprint density at radius 1 is 1.32 bits per heavy atom. The topological polar surface area (TPSA) is 53.5 Å². The number of anilines is 1. The van der Waals surface area contributed by atoms with Crippen molar-refractivity contribution >= 4 is 23.6 Å². The average Bonchev–Trinajstić information content (AvgIpc) is 3.01. The van der Waals surface area contributed by atoms with E-state index in [1.165, 1.54) is 21.9 Å². The molecule has 1 aromatic carbocycles. The summed E-state index contributed by atoms with van der Waals surface area (Å²) in [6.07, 6.45) is 6.83. The number of hydrogen-bond donors (Lipinski definition) is 0. The van der Waals surface area contributed by atoms with Gasteiger partial charge in [-0.1, -0.05) is 18.2 Å². The molecule has 0 unspecified atom stereocenters. The van der Waals surface area contributed by atoms with E-state index >= 15 is 0 Å². The van der Waals surface area contributed by atoms with Crippen LogP contribution in [0, 0.1) is 5.82 Å². The number of carbonyl (C=O) groups is 2. The summed E-state index contributed by atoms with van der Waals surface area (Å²) in [5.74, 6) is -0.990. The highest BCUT2D eigenvalue weighted by Crippen LogP contribution is 2.26. The zero-order valence-corrected chi connectivity index (χ0v) is 13.8. The van der Waals surface area contributed by atoms with Gasteiger partial charge < -0.3 is 9.80 Å². The second kappa shape index (κ2) is 7.25. The Kier molecular flexibility index (Phi) is 4.88. The summed E-state index contributed by atoms with van der Waals surface area (Å²) in [5.41, 5.74) is 1.05. The lowest BCUT2D eigenvalue weighted by Crippen LogP contribution is -2.42. The SMILES string of the molecule is CN(C(=O)/C=C/c1cccnc1)[C@@H]1CCN(c2ccccc2F)C1=O. The Balaban J connectivity index is 1.70. The molecule has 0 radical (unpaired) electrons. The van der Waals surface area contributed by atoms with Crippen LogP contribution < -0.4 is 4.90 Å². The summed E-state index contributed by atoms with van der Waals surface area (Å²) in [6, 6.07) is 9.17. The van der Waals surface area contributed by atoms with Gasteiger partial charge in [-0.15, -0.1) is 0 Å². The minimum atomic E-state index is -0.592. The second-order valence-electron chi connectivity index (χ2n) is 5.81. The van der Waals surface area contributed by atoms with E-state index in [4.69, 9.17) is 0 Å². The number of para-hydroxylation sites is 1. The minimum absolute atomic E-state index is 0.252. The molecule has 1 aromatic heterocycles. The highest BCUT2D eigenvalue weighted by molar-refractivity contribution is 6.03. The molecular formula is C19H18FN3O2. The van der Waals surface area contributed by atoms with Crippen LogP contribution in [-0.2, 0) is 9.59 Å². The van der Waals surface area contributed by atoms with Gasteiger partial charge in [0.25, 0.3) is 0 Å². The second-order valence-corrected chi connectivity index (χ2v) is 5.81. The number of carbonyl (C=O) groups excluding carboxylic acids is 2. The first-order chi connectivity index (χ1) is 12.1. The van der Waals surface area contributed by atoms with E-state index in [0.717, 1.165) is 5.56 Å². The predicted octanol–water partition coefficient (Wildman–Crippen LogP) is 2.50. The number of halogens is 1. The van der Waals surface area contributed by atoms with Crippen molar-refractivity contribution in [2.24, 2.45) is 0 Å². The molecule has 0 saturated carbocycles. The summed E-state index contributed by atoms with van der Waals surface area (Å²) >= 11 is 0. The summed E-state index contributed by atoms with van der Waals surface area (Å²) in [4.78, 5) is 31.7. The van der Waals surface area contributed by atoms with Gasteiger partial charge in [-0.2, -0.15) is 0 Å². The first kappa shape index (κ1) is 16.8. The lowest BCUT2D eigenvalue weighted by molar-refractivity contribution is -0.132. The van der Waals surface area contributed by atoms with Gasteiger partial charge >= 0.3 is 0 Å². The number of pyridine rings is 1. The van der Waals surface area contributed by atoms with Crippen molar-refractivity contribution in [1.29, 1.82) is 0 Å². The molecule has 3 rings (SSSR count).